The molecule has 1 fully saturated rings. The lowest BCUT2D eigenvalue weighted by Crippen LogP contribution is -2.30. The largest absolute Gasteiger partial charge is 0.468 e. The molecule has 0 saturated carbocycles. The van der Waals surface area contributed by atoms with E-state index in [0.717, 1.165) is 24.8 Å². The molecule has 0 radical (unpaired) electrons. The van der Waals surface area contributed by atoms with Gasteiger partial charge in [0.1, 0.15) is 5.76 Å². The Labute approximate surface area is 104 Å². The lowest BCUT2D eigenvalue weighted by Gasteiger charge is -2.15. The van der Waals surface area contributed by atoms with E-state index in [2.05, 4.69) is 17.1 Å². The predicted octanol–water partition coefficient (Wildman–Crippen LogP) is 2.49. The van der Waals surface area contributed by atoms with Crippen LogP contribution in [-0.4, -0.2) is 31.1 Å². The number of rotatable bonds is 7. The molecule has 3 heteroatoms. The number of hydrogen-bond donors (Lipinski definition) is 1. The molecule has 1 unspecified atom stereocenters. The van der Waals surface area contributed by atoms with E-state index in [4.69, 9.17) is 4.42 Å². The van der Waals surface area contributed by atoms with Gasteiger partial charge in [-0.2, -0.15) is 0 Å². The summed E-state index contributed by atoms with van der Waals surface area (Å²) < 4.78 is 5.28. The summed E-state index contributed by atoms with van der Waals surface area (Å²) in [6.45, 7) is 7.94. The minimum Gasteiger partial charge on any atom is -0.468 e. The Bertz CT molecular complexity index is 297. The lowest BCUT2D eigenvalue weighted by molar-refractivity contribution is 0.316. The van der Waals surface area contributed by atoms with Gasteiger partial charge in [-0.25, -0.2) is 0 Å². The number of likely N-dealkylation sites (tertiary alicyclic amines) is 1. The standard InChI is InChI=1S/C14H24N2O/c1-2-4-13-6-8-16(12-13)9-7-15-11-14-5-3-10-17-14/h3,5,10,13,15H,2,4,6-9,11-12H2,1H3. The Morgan fingerprint density at radius 3 is 3.24 bits per heavy atom. The van der Waals surface area contributed by atoms with Gasteiger partial charge in [-0.3, -0.25) is 0 Å². The first-order valence-corrected chi connectivity index (χ1v) is 6.84. The molecule has 3 nitrogen and oxygen atoms in total. The highest BCUT2D eigenvalue weighted by molar-refractivity contribution is 4.97. The molecular weight excluding hydrogens is 212 g/mol. The Hall–Kier alpha value is -0.800. The molecule has 1 aliphatic rings. The molecular formula is C14H24N2O. The average molecular weight is 236 g/mol. The van der Waals surface area contributed by atoms with E-state index in [-0.39, 0.29) is 0 Å². The summed E-state index contributed by atoms with van der Waals surface area (Å²) in [7, 11) is 0. The van der Waals surface area contributed by atoms with E-state index < -0.39 is 0 Å². The zero-order valence-corrected chi connectivity index (χ0v) is 10.8. The molecule has 1 aromatic heterocycles. The van der Waals surface area contributed by atoms with Gasteiger partial charge in [0.15, 0.2) is 0 Å². The monoisotopic (exact) mass is 236 g/mol. The second-order valence-electron chi connectivity index (χ2n) is 5.00. The van der Waals surface area contributed by atoms with E-state index in [1.54, 1.807) is 6.26 Å². The highest BCUT2D eigenvalue weighted by Gasteiger charge is 2.20. The molecule has 0 aliphatic carbocycles. The molecule has 1 N–H and O–H groups in total. The van der Waals surface area contributed by atoms with Crippen molar-refractivity contribution in [2.75, 3.05) is 26.2 Å². The van der Waals surface area contributed by atoms with Gasteiger partial charge in [0.25, 0.3) is 0 Å². The second kappa shape index (κ2) is 6.82. The van der Waals surface area contributed by atoms with Crippen LogP contribution in [0.5, 0.6) is 0 Å². The van der Waals surface area contributed by atoms with Crippen LogP contribution in [0.1, 0.15) is 31.9 Å². The molecule has 1 aromatic rings. The van der Waals surface area contributed by atoms with Crippen LogP contribution in [0.15, 0.2) is 22.8 Å². The second-order valence-corrected chi connectivity index (χ2v) is 5.00. The van der Waals surface area contributed by atoms with E-state index in [9.17, 15) is 0 Å². The van der Waals surface area contributed by atoms with Crippen LogP contribution in [0.4, 0.5) is 0 Å². The third-order valence-corrected chi connectivity index (χ3v) is 3.55. The Kier molecular flexibility index (Phi) is 5.08. The number of furan rings is 1. The van der Waals surface area contributed by atoms with Crippen LogP contribution in [0, 0.1) is 5.92 Å². The van der Waals surface area contributed by atoms with Crippen molar-refractivity contribution >= 4 is 0 Å². The van der Waals surface area contributed by atoms with Crippen molar-refractivity contribution in [3.63, 3.8) is 0 Å². The van der Waals surface area contributed by atoms with Crippen molar-refractivity contribution in [2.45, 2.75) is 32.7 Å². The zero-order chi connectivity index (χ0) is 11.9. The molecule has 17 heavy (non-hydrogen) atoms. The highest BCUT2D eigenvalue weighted by Crippen LogP contribution is 2.19. The summed E-state index contributed by atoms with van der Waals surface area (Å²) in [5.41, 5.74) is 0. The summed E-state index contributed by atoms with van der Waals surface area (Å²) in [6.07, 6.45) is 5.85. The molecule has 1 atom stereocenters. The Morgan fingerprint density at radius 2 is 2.47 bits per heavy atom. The molecule has 0 aromatic carbocycles. The maximum absolute atomic E-state index is 5.28. The summed E-state index contributed by atoms with van der Waals surface area (Å²) in [5.74, 6) is 1.97. The van der Waals surface area contributed by atoms with E-state index >= 15 is 0 Å². The summed E-state index contributed by atoms with van der Waals surface area (Å²) in [4.78, 5) is 2.58. The van der Waals surface area contributed by atoms with Crippen molar-refractivity contribution in [1.82, 2.24) is 10.2 Å². The summed E-state index contributed by atoms with van der Waals surface area (Å²) >= 11 is 0. The van der Waals surface area contributed by atoms with Gasteiger partial charge in [0, 0.05) is 19.6 Å². The van der Waals surface area contributed by atoms with Gasteiger partial charge in [0.05, 0.1) is 12.8 Å². The van der Waals surface area contributed by atoms with Crippen LogP contribution in [0.2, 0.25) is 0 Å². The van der Waals surface area contributed by atoms with Gasteiger partial charge in [-0.15, -0.1) is 0 Å². The van der Waals surface area contributed by atoms with Gasteiger partial charge in [-0.05, 0) is 37.4 Å². The predicted molar refractivity (Wildman–Crippen MR) is 69.9 cm³/mol. The van der Waals surface area contributed by atoms with Crippen LogP contribution < -0.4 is 5.32 Å². The Morgan fingerprint density at radius 1 is 1.53 bits per heavy atom. The first-order valence-electron chi connectivity index (χ1n) is 6.84. The molecule has 1 aliphatic heterocycles. The fourth-order valence-corrected chi connectivity index (χ4v) is 2.62. The smallest absolute Gasteiger partial charge is 0.117 e. The van der Waals surface area contributed by atoms with E-state index in [0.29, 0.717) is 0 Å². The third-order valence-electron chi connectivity index (χ3n) is 3.55. The molecule has 0 amide bonds. The molecule has 2 heterocycles. The zero-order valence-electron chi connectivity index (χ0n) is 10.8. The summed E-state index contributed by atoms with van der Waals surface area (Å²) in [5, 5.41) is 3.43. The Balaban J connectivity index is 1.54. The van der Waals surface area contributed by atoms with Crippen LogP contribution in [0.3, 0.4) is 0 Å². The van der Waals surface area contributed by atoms with Gasteiger partial charge >= 0.3 is 0 Å². The number of hydrogen-bond acceptors (Lipinski definition) is 3. The SMILES string of the molecule is CCCC1CCN(CCNCc2ccco2)C1. The van der Waals surface area contributed by atoms with E-state index in [1.807, 2.05) is 12.1 Å². The minimum atomic E-state index is 0.846. The van der Waals surface area contributed by atoms with Crippen LogP contribution in [-0.2, 0) is 6.54 Å². The molecule has 0 bridgehead atoms. The lowest BCUT2D eigenvalue weighted by atomic mass is 10.0. The fourth-order valence-electron chi connectivity index (χ4n) is 2.62. The molecule has 1 saturated heterocycles. The maximum atomic E-state index is 5.28. The molecule has 2 rings (SSSR count). The maximum Gasteiger partial charge on any atom is 0.117 e. The topological polar surface area (TPSA) is 28.4 Å². The van der Waals surface area contributed by atoms with Crippen molar-refractivity contribution in [1.29, 1.82) is 0 Å². The van der Waals surface area contributed by atoms with Crippen molar-refractivity contribution in [2.24, 2.45) is 5.92 Å². The van der Waals surface area contributed by atoms with Gasteiger partial charge < -0.3 is 14.6 Å². The van der Waals surface area contributed by atoms with Crippen LogP contribution >= 0.6 is 0 Å². The molecule has 96 valence electrons. The van der Waals surface area contributed by atoms with Crippen molar-refractivity contribution in [3.8, 4) is 0 Å². The number of nitrogens with zero attached hydrogens (tertiary/aromatic N) is 1. The summed E-state index contributed by atoms with van der Waals surface area (Å²) in [6, 6.07) is 3.95. The molecule has 0 spiro atoms. The first-order chi connectivity index (χ1) is 8.38. The normalized spacial score (nSPS) is 21.1. The van der Waals surface area contributed by atoms with Gasteiger partial charge in [0.2, 0.25) is 0 Å². The number of nitrogens with one attached hydrogen (secondary N) is 1. The third kappa shape index (κ3) is 4.17. The quantitative estimate of drug-likeness (QED) is 0.737. The van der Waals surface area contributed by atoms with Crippen molar-refractivity contribution < 1.29 is 4.42 Å². The fraction of sp³-hybridized carbons (Fsp3) is 0.714. The average Bonchev–Trinajstić information content (AvgIpc) is 2.96. The van der Waals surface area contributed by atoms with Crippen molar-refractivity contribution in [3.05, 3.63) is 24.2 Å². The highest BCUT2D eigenvalue weighted by atomic mass is 16.3. The van der Waals surface area contributed by atoms with E-state index in [1.165, 1.54) is 38.9 Å². The minimum absolute atomic E-state index is 0.846. The van der Waals surface area contributed by atoms with Gasteiger partial charge in [-0.1, -0.05) is 13.3 Å². The first kappa shape index (κ1) is 12.7. The van der Waals surface area contributed by atoms with Crippen LogP contribution in [0.25, 0.3) is 0 Å².